The van der Waals surface area contributed by atoms with Gasteiger partial charge in [0.1, 0.15) is 0 Å². The summed E-state index contributed by atoms with van der Waals surface area (Å²) < 4.78 is 1.01. The molecular weight excluding hydrogens is 268 g/mol. The van der Waals surface area contributed by atoms with E-state index in [0.29, 0.717) is 6.42 Å². The molecule has 3 nitrogen and oxygen atoms in total. The van der Waals surface area contributed by atoms with Crippen molar-refractivity contribution < 1.29 is 4.79 Å². The van der Waals surface area contributed by atoms with E-state index in [2.05, 4.69) is 21.2 Å². The van der Waals surface area contributed by atoms with Gasteiger partial charge in [-0.2, -0.15) is 0 Å². The van der Waals surface area contributed by atoms with E-state index in [-0.39, 0.29) is 5.91 Å². The third-order valence-corrected chi connectivity index (χ3v) is 2.98. The lowest BCUT2D eigenvalue weighted by atomic mass is 10.1. The number of anilines is 1. The second-order valence-electron chi connectivity index (χ2n) is 3.92. The zero-order valence-corrected chi connectivity index (χ0v) is 11.4. The van der Waals surface area contributed by atoms with Crippen LogP contribution < -0.4 is 11.1 Å². The first-order valence-electron chi connectivity index (χ1n) is 5.29. The van der Waals surface area contributed by atoms with Crippen LogP contribution in [0.5, 0.6) is 0 Å². The van der Waals surface area contributed by atoms with Crippen LogP contribution in [-0.4, -0.2) is 11.9 Å². The van der Waals surface area contributed by atoms with Crippen LogP contribution >= 0.6 is 15.9 Å². The average molecular weight is 285 g/mol. The van der Waals surface area contributed by atoms with Gasteiger partial charge in [0.2, 0.25) is 5.91 Å². The maximum absolute atomic E-state index is 11.7. The zero-order valence-electron chi connectivity index (χ0n) is 9.80. The molecule has 4 heteroatoms. The number of carbonyl (C=O) groups excluding carboxylic acids is 1. The van der Waals surface area contributed by atoms with Crippen molar-refractivity contribution in [3.05, 3.63) is 27.7 Å². The summed E-state index contributed by atoms with van der Waals surface area (Å²) in [7, 11) is 0. The number of halogens is 1. The quantitative estimate of drug-likeness (QED) is 0.897. The fourth-order valence-electron chi connectivity index (χ4n) is 1.51. The topological polar surface area (TPSA) is 55.1 Å². The summed E-state index contributed by atoms with van der Waals surface area (Å²) in [6, 6.07) is 3.50. The molecule has 0 heterocycles. The van der Waals surface area contributed by atoms with Crippen LogP contribution in [0.3, 0.4) is 0 Å². The van der Waals surface area contributed by atoms with Crippen LogP contribution in [0.15, 0.2) is 16.6 Å². The Kier molecular flexibility index (Phi) is 4.50. The highest BCUT2D eigenvalue weighted by molar-refractivity contribution is 9.10. The number of carbonyl (C=O) groups is 1. The van der Waals surface area contributed by atoms with Gasteiger partial charge in [0, 0.05) is 10.2 Å². The fraction of sp³-hybridized carbons (Fsp3) is 0.417. The first-order chi connectivity index (χ1) is 7.45. The number of hydrogen-bond acceptors (Lipinski definition) is 2. The molecule has 3 N–H and O–H groups in total. The molecule has 1 rings (SSSR count). The smallest absolute Gasteiger partial charge is 0.241 e. The number of nitrogens with one attached hydrogen (secondary N) is 1. The summed E-state index contributed by atoms with van der Waals surface area (Å²) in [4.78, 5) is 11.7. The number of aryl methyl sites for hydroxylation is 2. The summed E-state index contributed by atoms with van der Waals surface area (Å²) in [5.74, 6) is -0.129. The molecule has 1 aromatic carbocycles. The first-order valence-corrected chi connectivity index (χ1v) is 6.08. The van der Waals surface area contributed by atoms with Crippen LogP contribution in [0.1, 0.15) is 24.5 Å². The number of hydrogen-bond donors (Lipinski definition) is 2. The van der Waals surface area contributed by atoms with Crippen molar-refractivity contribution in [2.75, 3.05) is 5.32 Å². The van der Waals surface area contributed by atoms with Gasteiger partial charge >= 0.3 is 0 Å². The number of benzene rings is 1. The minimum atomic E-state index is -0.442. The number of rotatable bonds is 3. The third kappa shape index (κ3) is 3.06. The molecule has 0 aliphatic heterocycles. The Balaban J connectivity index is 2.93. The maximum atomic E-state index is 11.7. The highest BCUT2D eigenvalue weighted by Gasteiger charge is 2.13. The van der Waals surface area contributed by atoms with Gasteiger partial charge in [-0.3, -0.25) is 4.79 Å². The van der Waals surface area contributed by atoms with E-state index in [0.717, 1.165) is 21.3 Å². The van der Waals surface area contributed by atoms with E-state index < -0.39 is 6.04 Å². The molecule has 0 aliphatic carbocycles. The van der Waals surface area contributed by atoms with Crippen molar-refractivity contribution in [1.29, 1.82) is 0 Å². The van der Waals surface area contributed by atoms with Gasteiger partial charge in [0.05, 0.1) is 6.04 Å². The Bertz CT molecular complexity index is 381. The Morgan fingerprint density at radius 3 is 2.38 bits per heavy atom. The summed E-state index contributed by atoms with van der Waals surface area (Å²) in [6.07, 6.45) is 0.639. The maximum Gasteiger partial charge on any atom is 0.241 e. The largest absolute Gasteiger partial charge is 0.324 e. The normalized spacial score (nSPS) is 12.3. The Morgan fingerprint density at radius 2 is 1.94 bits per heavy atom. The Hall–Kier alpha value is -0.870. The summed E-state index contributed by atoms with van der Waals surface area (Å²) in [6.45, 7) is 5.82. The van der Waals surface area contributed by atoms with Crippen LogP contribution in [0.2, 0.25) is 0 Å². The van der Waals surface area contributed by atoms with Gasteiger partial charge in [0.15, 0.2) is 0 Å². The molecule has 1 atom stereocenters. The van der Waals surface area contributed by atoms with Crippen molar-refractivity contribution in [1.82, 2.24) is 0 Å². The zero-order chi connectivity index (χ0) is 12.3. The molecule has 1 unspecified atom stereocenters. The molecule has 0 aromatic heterocycles. The minimum absolute atomic E-state index is 0.129. The summed E-state index contributed by atoms with van der Waals surface area (Å²) in [5.41, 5.74) is 8.59. The molecule has 0 radical (unpaired) electrons. The second kappa shape index (κ2) is 5.46. The third-order valence-electron chi connectivity index (χ3n) is 2.52. The van der Waals surface area contributed by atoms with Gasteiger partial charge in [0.25, 0.3) is 0 Å². The standard InChI is InChI=1S/C12H17BrN2O/c1-4-10(14)12(16)15-11-7(2)5-9(13)6-8(11)3/h5-6,10H,4,14H2,1-3H3,(H,15,16). The molecule has 16 heavy (non-hydrogen) atoms. The highest BCUT2D eigenvalue weighted by Crippen LogP contribution is 2.25. The number of amides is 1. The predicted octanol–water partition coefficient (Wildman–Crippen LogP) is 2.74. The van der Waals surface area contributed by atoms with Crippen molar-refractivity contribution >= 4 is 27.5 Å². The molecule has 0 bridgehead atoms. The fourth-order valence-corrected chi connectivity index (χ4v) is 2.20. The Morgan fingerprint density at radius 1 is 1.44 bits per heavy atom. The van der Waals surface area contributed by atoms with Crippen molar-refractivity contribution in [2.24, 2.45) is 5.73 Å². The average Bonchev–Trinajstić information content (AvgIpc) is 2.21. The van der Waals surface area contributed by atoms with E-state index in [1.54, 1.807) is 0 Å². The molecule has 1 amide bonds. The lowest BCUT2D eigenvalue weighted by Crippen LogP contribution is -2.35. The molecule has 0 saturated carbocycles. The molecule has 0 fully saturated rings. The monoisotopic (exact) mass is 284 g/mol. The van der Waals surface area contributed by atoms with Gasteiger partial charge in [-0.1, -0.05) is 22.9 Å². The lowest BCUT2D eigenvalue weighted by Gasteiger charge is -2.14. The second-order valence-corrected chi connectivity index (χ2v) is 4.83. The SMILES string of the molecule is CCC(N)C(=O)Nc1c(C)cc(Br)cc1C. The predicted molar refractivity (Wildman–Crippen MR) is 70.5 cm³/mol. The van der Waals surface area contributed by atoms with Gasteiger partial charge in [-0.15, -0.1) is 0 Å². The molecular formula is C12H17BrN2O. The van der Waals surface area contributed by atoms with Gasteiger partial charge in [-0.25, -0.2) is 0 Å². The van der Waals surface area contributed by atoms with E-state index >= 15 is 0 Å². The van der Waals surface area contributed by atoms with Crippen LogP contribution in [0.4, 0.5) is 5.69 Å². The van der Waals surface area contributed by atoms with E-state index in [4.69, 9.17) is 5.73 Å². The molecule has 0 aliphatic rings. The van der Waals surface area contributed by atoms with E-state index in [9.17, 15) is 4.79 Å². The minimum Gasteiger partial charge on any atom is -0.324 e. The lowest BCUT2D eigenvalue weighted by molar-refractivity contribution is -0.117. The van der Waals surface area contributed by atoms with Crippen molar-refractivity contribution in [3.63, 3.8) is 0 Å². The van der Waals surface area contributed by atoms with E-state index in [1.807, 2.05) is 32.9 Å². The summed E-state index contributed by atoms with van der Waals surface area (Å²) >= 11 is 3.42. The first kappa shape index (κ1) is 13.2. The Labute approximate surface area is 105 Å². The number of nitrogens with two attached hydrogens (primary N) is 1. The molecule has 0 saturated heterocycles. The molecule has 88 valence electrons. The highest BCUT2D eigenvalue weighted by atomic mass is 79.9. The molecule has 1 aromatic rings. The van der Waals surface area contributed by atoms with Crippen molar-refractivity contribution in [3.8, 4) is 0 Å². The molecule has 0 spiro atoms. The van der Waals surface area contributed by atoms with Gasteiger partial charge in [-0.05, 0) is 43.5 Å². The van der Waals surface area contributed by atoms with Crippen molar-refractivity contribution in [2.45, 2.75) is 33.2 Å². The van der Waals surface area contributed by atoms with Crippen LogP contribution in [-0.2, 0) is 4.79 Å². The van der Waals surface area contributed by atoms with E-state index in [1.165, 1.54) is 0 Å². The van der Waals surface area contributed by atoms with Crippen LogP contribution in [0.25, 0.3) is 0 Å². The summed E-state index contributed by atoms with van der Waals surface area (Å²) in [5, 5.41) is 2.87. The van der Waals surface area contributed by atoms with Crippen LogP contribution in [0, 0.1) is 13.8 Å². The van der Waals surface area contributed by atoms with Gasteiger partial charge < -0.3 is 11.1 Å².